The molecule has 4 heteroatoms. The van der Waals surface area contributed by atoms with E-state index in [1.807, 2.05) is 41.9 Å². The van der Waals surface area contributed by atoms with Crippen LogP contribution in [0, 0.1) is 5.92 Å². The van der Waals surface area contributed by atoms with Crippen LogP contribution in [-0.4, -0.2) is 42.7 Å². The lowest BCUT2D eigenvalue weighted by Crippen LogP contribution is -2.41. The average molecular weight is 278 g/mol. The molecule has 1 aliphatic rings. The van der Waals surface area contributed by atoms with Crippen molar-refractivity contribution >= 4 is 17.7 Å². The van der Waals surface area contributed by atoms with E-state index in [1.54, 1.807) is 0 Å². The molecular formula is C15H22N2OS. The Morgan fingerprint density at radius 1 is 1.47 bits per heavy atom. The van der Waals surface area contributed by atoms with Gasteiger partial charge < -0.3 is 10.2 Å². The summed E-state index contributed by atoms with van der Waals surface area (Å²) in [6, 6.07) is 10.6. The molecule has 0 spiro atoms. The molecule has 0 radical (unpaired) electrons. The summed E-state index contributed by atoms with van der Waals surface area (Å²) in [4.78, 5) is 15.4. The molecule has 104 valence electrons. The van der Waals surface area contributed by atoms with Gasteiger partial charge in [0.05, 0.1) is 5.92 Å². The second kappa shape index (κ2) is 6.96. The van der Waals surface area contributed by atoms with Crippen molar-refractivity contribution < 1.29 is 4.79 Å². The van der Waals surface area contributed by atoms with Crippen LogP contribution < -0.4 is 5.32 Å². The van der Waals surface area contributed by atoms with Gasteiger partial charge in [0.2, 0.25) is 5.91 Å². The molecule has 19 heavy (non-hydrogen) atoms. The van der Waals surface area contributed by atoms with E-state index in [-0.39, 0.29) is 17.9 Å². The van der Waals surface area contributed by atoms with E-state index in [0.717, 1.165) is 25.3 Å². The van der Waals surface area contributed by atoms with E-state index < -0.39 is 0 Å². The first kappa shape index (κ1) is 14.4. The van der Waals surface area contributed by atoms with Gasteiger partial charge in [-0.25, -0.2) is 0 Å². The molecule has 0 saturated carbocycles. The van der Waals surface area contributed by atoms with E-state index in [2.05, 4.69) is 24.4 Å². The summed E-state index contributed by atoms with van der Waals surface area (Å²) in [6.07, 6.45) is 0.974. The van der Waals surface area contributed by atoms with Crippen molar-refractivity contribution in [2.24, 2.45) is 5.92 Å². The lowest BCUT2D eigenvalue weighted by Gasteiger charge is -2.27. The van der Waals surface area contributed by atoms with E-state index in [9.17, 15) is 4.79 Å². The van der Waals surface area contributed by atoms with Crippen LogP contribution in [0.25, 0.3) is 0 Å². The summed E-state index contributed by atoms with van der Waals surface area (Å²) in [5, 5.41) is 3.25. The Morgan fingerprint density at radius 3 is 2.84 bits per heavy atom. The predicted octanol–water partition coefficient (Wildman–Crippen LogP) is 2.24. The first-order valence-corrected chi connectivity index (χ1v) is 7.82. The number of carbonyl (C=O) groups excluding carboxylic acids is 1. The van der Waals surface area contributed by atoms with Crippen molar-refractivity contribution in [2.45, 2.75) is 24.3 Å². The van der Waals surface area contributed by atoms with Gasteiger partial charge in [-0.05, 0) is 32.0 Å². The van der Waals surface area contributed by atoms with Crippen molar-refractivity contribution in [1.29, 1.82) is 0 Å². The number of nitrogens with zero attached hydrogens (tertiary/aromatic N) is 1. The van der Waals surface area contributed by atoms with Gasteiger partial charge >= 0.3 is 0 Å². The van der Waals surface area contributed by atoms with Gasteiger partial charge in [0.1, 0.15) is 0 Å². The summed E-state index contributed by atoms with van der Waals surface area (Å²) >= 11 is 1.81. The third kappa shape index (κ3) is 3.98. The van der Waals surface area contributed by atoms with Gasteiger partial charge in [0.15, 0.2) is 0 Å². The highest BCUT2D eigenvalue weighted by Gasteiger charge is 2.27. The molecule has 0 aliphatic carbocycles. The van der Waals surface area contributed by atoms with E-state index in [1.165, 1.54) is 4.90 Å². The van der Waals surface area contributed by atoms with E-state index in [4.69, 9.17) is 0 Å². The van der Waals surface area contributed by atoms with E-state index in [0.29, 0.717) is 0 Å². The first-order valence-electron chi connectivity index (χ1n) is 6.83. The fourth-order valence-corrected chi connectivity index (χ4v) is 3.22. The van der Waals surface area contributed by atoms with Crippen LogP contribution in [0.3, 0.4) is 0 Å². The highest BCUT2D eigenvalue weighted by Crippen LogP contribution is 2.20. The maximum atomic E-state index is 12.3. The van der Waals surface area contributed by atoms with Crippen molar-refractivity contribution in [3.63, 3.8) is 0 Å². The zero-order chi connectivity index (χ0) is 13.7. The largest absolute Gasteiger partial charge is 0.342 e. The third-order valence-corrected chi connectivity index (χ3v) is 4.91. The molecule has 3 nitrogen and oxygen atoms in total. The summed E-state index contributed by atoms with van der Waals surface area (Å²) < 4.78 is 0. The number of rotatable bonds is 5. The van der Waals surface area contributed by atoms with Crippen LogP contribution in [0.1, 0.15) is 13.3 Å². The lowest BCUT2D eigenvalue weighted by atomic mass is 10.1. The molecular weight excluding hydrogens is 256 g/mol. The van der Waals surface area contributed by atoms with E-state index >= 15 is 0 Å². The van der Waals surface area contributed by atoms with Crippen molar-refractivity contribution in [2.75, 3.05) is 25.9 Å². The van der Waals surface area contributed by atoms with Gasteiger partial charge in [-0.3, -0.25) is 4.79 Å². The predicted molar refractivity (Wildman–Crippen MR) is 80.4 cm³/mol. The molecule has 1 N–H and O–H groups in total. The standard InChI is InChI=1S/C15H22N2OS/c1-12(11-19-14-6-4-3-5-7-14)17(2)15(18)13-8-9-16-10-13/h3-7,12-13,16H,8-11H2,1-2H3/t12?,13-/m0/s1. The van der Waals surface area contributed by atoms with Gasteiger partial charge in [-0.1, -0.05) is 18.2 Å². The molecule has 1 amide bonds. The number of thioether (sulfide) groups is 1. The van der Waals surface area contributed by atoms with Crippen molar-refractivity contribution in [3.05, 3.63) is 30.3 Å². The first-order chi connectivity index (χ1) is 9.18. The van der Waals surface area contributed by atoms with Crippen LogP contribution in [0.2, 0.25) is 0 Å². The second-order valence-corrected chi connectivity index (χ2v) is 6.21. The molecule has 2 rings (SSSR count). The van der Waals surface area contributed by atoms with Gasteiger partial charge in [-0.15, -0.1) is 11.8 Å². The van der Waals surface area contributed by atoms with Gasteiger partial charge in [-0.2, -0.15) is 0 Å². The highest BCUT2D eigenvalue weighted by molar-refractivity contribution is 7.99. The molecule has 2 atom stereocenters. The maximum Gasteiger partial charge on any atom is 0.227 e. The zero-order valence-electron chi connectivity index (χ0n) is 11.6. The molecule has 1 heterocycles. The average Bonchev–Trinajstić information content (AvgIpc) is 2.98. The number of hydrogen-bond acceptors (Lipinski definition) is 3. The molecule has 0 aromatic heterocycles. The summed E-state index contributed by atoms with van der Waals surface area (Å²) in [5.74, 6) is 1.40. The molecule has 1 saturated heterocycles. The quantitative estimate of drug-likeness (QED) is 0.838. The fourth-order valence-electron chi connectivity index (χ4n) is 2.22. The molecule has 1 fully saturated rings. The zero-order valence-corrected chi connectivity index (χ0v) is 12.5. The molecule has 1 unspecified atom stereocenters. The van der Waals surface area contributed by atoms with Crippen LogP contribution in [0.15, 0.2) is 35.2 Å². The van der Waals surface area contributed by atoms with Crippen LogP contribution >= 0.6 is 11.8 Å². The molecule has 1 aromatic rings. The Morgan fingerprint density at radius 2 is 2.21 bits per heavy atom. The SMILES string of the molecule is CC(CSc1ccccc1)N(C)C(=O)[C@H]1CCNC1. The number of benzene rings is 1. The molecule has 1 aromatic carbocycles. The minimum absolute atomic E-state index is 0.175. The monoisotopic (exact) mass is 278 g/mol. The van der Waals surface area contributed by atoms with Crippen molar-refractivity contribution in [1.82, 2.24) is 10.2 Å². The topological polar surface area (TPSA) is 32.3 Å². The molecule has 0 bridgehead atoms. The van der Waals surface area contributed by atoms with Gasteiger partial charge in [0.25, 0.3) is 0 Å². The number of nitrogens with one attached hydrogen (secondary N) is 1. The Balaban J connectivity index is 1.81. The Hall–Kier alpha value is -1.00. The normalized spacial score (nSPS) is 20.2. The van der Waals surface area contributed by atoms with Crippen LogP contribution in [-0.2, 0) is 4.79 Å². The highest BCUT2D eigenvalue weighted by atomic mass is 32.2. The number of carbonyl (C=O) groups is 1. The van der Waals surface area contributed by atoms with Crippen molar-refractivity contribution in [3.8, 4) is 0 Å². The van der Waals surface area contributed by atoms with Crippen LogP contribution in [0.4, 0.5) is 0 Å². The number of amides is 1. The summed E-state index contributed by atoms with van der Waals surface area (Å²) in [6.45, 7) is 3.93. The minimum Gasteiger partial charge on any atom is -0.342 e. The Bertz CT molecular complexity index is 404. The Kier molecular flexibility index (Phi) is 5.28. The van der Waals surface area contributed by atoms with Crippen LogP contribution in [0.5, 0.6) is 0 Å². The Labute approximate surface area is 119 Å². The second-order valence-electron chi connectivity index (χ2n) is 5.11. The smallest absolute Gasteiger partial charge is 0.227 e. The van der Waals surface area contributed by atoms with Gasteiger partial charge in [0, 0.05) is 30.3 Å². The maximum absolute atomic E-state index is 12.3. The summed E-state index contributed by atoms with van der Waals surface area (Å²) in [7, 11) is 1.93. The molecule has 1 aliphatic heterocycles. The number of hydrogen-bond donors (Lipinski definition) is 1. The minimum atomic E-state index is 0.175. The lowest BCUT2D eigenvalue weighted by molar-refractivity contribution is -0.134. The fraction of sp³-hybridized carbons (Fsp3) is 0.533. The third-order valence-electron chi connectivity index (χ3n) is 3.65. The summed E-state index contributed by atoms with van der Waals surface area (Å²) in [5.41, 5.74) is 0.